The second-order valence-electron chi connectivity index (χ2n) is 24.5. The zero-order valence-electron chi connectivity index (χ0n) is 54.4. The summed E-state index contributed by atoms with van der Waals surface area (Å²) in [7, 11) is 0. The topological polar surface area (TPSA) is 345 Å². The summed E-state index contributed by atoms with van der Waals surface area (Å²) in [5.41, 5.74) is -3.47. The SMILES string of the molecule is C.CC(C)(C)OCCOC(=O)CCc1cn(C(C)(C(=O)OCCOCCOCCOCCOC(=O)C(C)(n2cc(CCC(=O)OCCOC(C)(C)C)nn2)n2cc(CCC(=O)OCCOC(C)(C)C)nn2)n2cc(CCC(=O)OCCOC(C)(C)C)nn2)nn1. The van der Waals surface area contributed by atoms with Crippen molar-refractivity contribution < 1.29 is 90.3 Å². The molecule has 0 unspecified atom stereocenters. The molecule has 90 heavy (non-hydrogen) atoms. The third-order valence-electron chi connectivity index (χ3n) is 12.3. The molecule has 0 fully saturated rings. The average Bonchev–Trinajstić information content (AvgIpc) is 1.58. The summed E-state index contributed by atoms with van der Waals surface area (Å²) >= 11 is 0. The minimum Gasteiger partial charge on any atom is -0.463 e. The van der Waals surface area contributed by atoms with Crippen molar-refractivity contribution >= 4 is 35.8 Å². The molecule has 0 bridgehead atoms. The second-order valence-corrected chi connectivity index (χ2v) is 24.5. The van der Waals surface area contributed by atoms with Gasteiger partial charge in [-0.2, -0.15) is 0 Å². The van der Waals surface area contributed by atoms with E-state index in [1.54, 1.807) is 0 Å². The summed E-state index contributed by atoms with van der Waals surface area (Å²) in [4.78, 5) is 77.9. The van der Waals surface area contributed by atoms with Crippen molar-refractivity contribution in [1.82, 2.24) is 60.0 Å². The lowest BCUT2D eigenvalue weighted by Crippen LogP contribution is -2.48. The van der Waals surface area contributed by atoms with Gasteiger partial charge in [0.2, 0.25) is 0 Å². The van der Waals surface area contributed by atoms with Crippen molar-refractivity contribution in [2.75, 3.05) is 106 Å². The molecule has 0 aliphatic rings. The van der Waals surface area contributed by atoms with Gasteiger partial charge >= 0.3 is 35.8 Å². The molecule has 508 valence electrons. The Balaban J connectivity index is 0.0000212. The predicted molar refractivity (Wildman–Crippen MR) is 319 cm³/mol. The first-order valence-electron chi connectivity index (χ1n) is 29.8. The Bertz CT molecular complexity index is 2450. The van der Waals surface area contributed by atoms with Crippen LogP contribution in [0.2, 0.25) is 0 Å². The monoisotopic (exact) mass is 1280 g/mol. The van der Waals surface area contributed by atoms with E-state index in [0.29, 0.717) is 22.8 Å². The van der Waals surface area contributed by atoms with E-state index in [4.69, 9.17) is 61.6 Å². The van der Waals surface area contributed by atoms with Crippen molar-refractivity contribution in [3.8, 4) is 0 Å². The van der Waals surface area contributed by atoms with Gasteiger partial charge in [-0.05, 0) is 96.9 Å². The summed E-state index contributed by atoms with van der Waals surface area (Å²) in [5.74, 6) is -3.41. The molecule has 0 amide bonds. The van der Waals surface area contributed by atoms with Crippen molar-refractivity contribution in [2.24, 2.45) is 0 Å². The highest BCUT2D eigenvalue weighted by atomic mass is 16.6. The molecular formula is C59H98N12O19. The normalized spacial score (nSPS) is 12.3. The molecule has 0 aliphatic carbocycles. The lowest BCUT2D eigenvalue weighted by Gasteiger charge is -2.27. The Labute approximate surface area is 527 Å². The number of nitrogens with zero attached hydrogens (tertiary/aromatic N) is 12. The number of aryl methyl sites for hydroxylation is 4. The maximum Gasteiger partial charge on any atom is 0.356 e. The molecule has 0 saturated carbocycles. The number of hydrogen-bond acceptors (Lipinski definition) is 27. The Hall–Kier alpha value is -6.90. The Morgan fingerprint density at radius 2 is 0.511 bits per heavy atom. The van der Waals surface area contributed by atoms with E-state index in [9.17, 15) is 28.8 Å². The predicted octanol–water partition coefficient (Wildman–Crippen LogP) is 4.13. The van der Waals surface area contributed by atoms with Crippen LogP contribution in [-0.2, 0) is 127 Å². The minimum atomic E-state index is -1.76. The second kappa shape index (κ2) is 37.4. The fraction of sp³-hybridized carbons (Fsp3) is 0.763. The van der Waals surface area contributed by atoms with E-state index in [1.165, 1.54) is 57.4 Å². The number of aromatic nitrogens is 12. The van der Waals surface area contributed by atoms with E-state index in [1.807, 2.05) is 83.1 Å². The van der Waals surface area contributed by atoms with Gasteiger partial charge in [-0.1, -0.05) is 28.3 Å². The fourth-order valence-corrected chi connectivity index (χ4v) is 7.51. The van der Waals surface area contributed by atoms with Crippen LogP contribution in [-0.4, -0.2) is 224 Å². The highest BCUT2D eigenvalue weighted by Crippen LogP contribution is 2.23. The maximum absolute atomic E-state index is 14.0. The molecule has 0 spiro atoms. The lowest BCUT2D eigenvalue weighted by molar-refractivity contribution is -0.159. The number of carbonyl (C=O) groups is 6. The number of esters is 6. The quantitative estimate of drug-likeness (QED) is 0.0342. The summed E-state index contributed by atoms with van der Waals surface area (Å²) < 4.78 is 76.9. The number of hydrogen-bond donors (Lipinski definition) is 0. The molecule has 0 saturated heterocycles. The summed E-state index contributed by atoms with van der Waals surface area (Å²) in [5, 5.41) is 33.6. The van der Waals surface area contributed by atoms with Crippen LogP contribution in [0.5, 0.6) is 0 Å². The largest absolute Gasteiger partial charge is 0.463 e. The van der Waals surface area contributed by atoms with Crippen LogP contribution in [0.15, 0.2) is 24.8 Å². The molecule has 4 aromatic heterocycles. The molecule has 31 heteroatoms. The van der Waals surface area contributed by atoms with Gasteiger partial charge < -0.3 is 61.6 Å². The highest BCUT2D eigenvalue weighted by molar-refractivity contribution is 5.79. The van der Waals surface area contributed by atoms with Crippen molar-refractivity contribution in [3.05, 3.63) is 47.6 Å². The zero-order valence-corrected chi connectivity index (χ0v) is 54.4. The molecule has 31 nitrogen and oxygen atoms in total. The van der Waals surface area contributed by atoms with Crippen LogP contribution in [0.25, 0.3) is 0 Å². The van der Waals surface area contributed by atoms with Gasteiger partial charge in [0.15, 0.2) is 0 Å². The molecule has 0 atom stereocenters. The van der Waals surface area contributed by atoms with Gasteiger partial charge in [0.1, 0.15) is 39.6 Å². The Morgan fingerprint density at radius 3 is 0.722 bits per heavy atom. The van der Waals surface area contributed by atoms with Gasteiger partial charge in [-0.25, -0.2) is 28.3 Å². The lowest BCUT2D eigenvalue weighted by atomic mass is 10.2. The minimum absolute atomic E-state index is 0. The fourth-order valence-electron chi connectivity index (χ4n) is 7.51. The third kappa shape index (κ3) is 29.4. The van der Waals surface area contributed by atoms with Crippen LogP contribution in [0.3, 0.4) is 0 Å². The van der Waals surface area contributed by atoms with Crippen molar-refractivity contribution in [1.29, 1.82) is 0 Å². The summed E-state index contributed by atoms with van der Waals surface area (Å²) in [6.45, 7) is 27.5. The van der Waals surface area contributed by atoms with Crippen LogP contribution in [0, 0.1) is 0 Å². The zero-order chi connectivity index (χ0) is 65.7. The van der Waals surface area contributed by atoms with Crippen LogP contribution >= 0.6 is 0 Å². The summed E-state index contributed by atoms with van der Waals surface area (Å²) in [6, 6.07) is 0. The van der Waals surface area contributed by atoms with Crippen LogP contribution in [0.1, 0.15) is 153 Å². The van der Waals surface area contributed by atoms with Crippen LogP contribution < -0.4 is 0 Å². The molecule has 0 radical (unpaired) electrons. The number of carbonyl (C=O) groups excluding carboxylic acids is 6. The van der Waals surface area contributed by atoms with Gasteiger partial charge in [-0.15, -0.1) is 20.4 Å². The molecule has 0 aromatic carbocycles. The van der Waals surface area contributed by atoms with Crippen LogP contribution in [0.4, 0.5) is 0 Å². The molecule has 4 heterocycles. The molecule has 0 N–H and O–H groups in total. The first-order chi connectivity index (χ1) is 41.9. The van der Waals surface area contributed by atoms with E-state index < -0.39 is 47.1 Å². The maximum atomic E-state index is 14.0. The number of ether oxygens (including phenoxy) is 13. The van der Waals surface area contributed by atoms with Gasteiger partial charge in [0.05, 0.1) is 162 Å². The number of rotatable bonds is 42. The molecule has 4 aromatic rings. The summed E-state index contributed by atoms with van der Waals surface area (Å²) in [6.07, 6.45) is 6.61. The molecular weight excluding hydrogens is 1180 g/mol. The van der Waals surface area contributed by atoms with Crippen molar-refractivity contribution in [2.45, 2.75) is 189 Å². The van der Waals surface area contributed by atoms with Crippen molar-refractivity contribution in [3.63, 3.8) is 0 Å². The van der Waals surface area contributed by atoms with E-state index in [2.05, 4.69) is 41.2 Å². The molecule has 4 rings (SSSR count). The van der Waals surface area contributed by atoms with E-state index in [-0.39, 0.29) is 187 Å². The first kappa shape index (κ1) is 77.3. The first-order valence-corrected chi connectivity index (χ1v) is 29.8. The Kier molecular flexibility index (Phi) is 32.2. The van der Waals surface area contributed by atoms with E-state index >= 15 is 0 Å². The molecule has 0 aliphatic heterocycles. The van der Waals surface area contributed by atoms with E-state index in [0.717, 1.165) is 0 Å². The van der Waals surface area contributed by atoms with Gasteiger partial charge in [-0.3, -0.25) is 19.2 Å². The average molecular weight is 1280 g/mol. The highest BCUT2D eigenvalue weighted by Gasteiger charge is 2.44. The Morgan fingerprint density at radius 1 is 0.311 bits per heavy atom. The third-order valence-corrected chi connectivity index (χ3v) is 12.3. The van der Waals surface area contributed by atoms with Gasteiger partial charge in [0, 0.05) is 25.7 Å². The van der Waals surface area contributed by atoms with Gasteiger partial charge in [0.25, 0.3) is 11.3 Å². The standard InChI is InChI=1S/C58H94N12O19.CH4/c1-53(2,3)86-35-31-80-47(71)19-15-43-39-67(63-59-43)57(13,68-40-44(60-64-68)16-20-48(72)81-32-36-87-54(4,5)6)51(75)84-29-27-78-25-23-77-24-26-79-28-30-85-52(76)58(14,69-41-45(61-65-69)17-21-49(73)82-33-37-88-55(7,8)9)70-42-46(62-66-70)18-22-50(74)83-34-38-89-56(10,11)12;/h39-42H,15-38H2,1-14H3;1H4. The smallest absolute Gasteiger partial charge is 0.356 e.